The van der Waals surface area contributed by atoms with Crippen molar-refractivity contribution in [3.63, 3.8) is 0 Å². The Balaban J connectivity index is 1.81. The lowest BCUT2D eigenvalue weighted by Crippen LogP contribution is -2.34. The molecule has 1 aliphatic heterocycles. The first-order valence-electron chi connectivity index (χ1n) is 8.59. The summed E-state index contributed by atoms with van der Waals surface area (Å²) in [7, 11) is 2.10. The van der Waals surface area contributed by atoms with Crippen LogP contribution in [0.3, 0.4) is 0 Å². The van der Waals surface area contributed by atoms with Crippen molar-refractivity contribution in [2.24, 2.45) is 5.92 Å². The van der Waals surface area contributed by atoms with Crippen LogP contribution in [-0.4, -0.2) is 53.9 Å². The fourth-order valence-corrected chi connectivity index (χ4v) is 3.40. The lowest BCUT2D eigenvalue weighted by atomic mass is 10.1. The number of carbonyl (C=O) groups excluding carboxylic acids is 1. The number of benzene rings is 1. The van der Waals surface area contributed by atoms with Crippen LogP contribution in [0.25, 0.3) is 10.9 Å². The molecule has 3 rings (SSSR count). The summed E-state index contributed by atoms with van der Waals surface area (Å²) in [6.07, 6.45) is 2.57. The lowest BCUT2D eigenvalue weighted by Gasteiger charge is -2.20. The molecule has 1 unspecified atom stereocenters. The van der Waals surface area contributed by atoms with Crippen LogP contribution >= 0.6 is 0 Å². The van der Waals surface area contributed by atoms with Gasteiger partial charge in [0.2, 0.25) is 5.43 Å². The molecular formula is C19H25N3O2. The molecule has 2 heterocycles. The molecule has 1 atom stereocenters. The van der Waals surface area contributed by atoms with E-state index in [4.69, 9.17) is 0 Å². The van der Waals surface area contributed by atoms with Crippen molar-refractivity contribution in [1.82, 2.24) is 14.8 Å². The number of aryl methyl sites for hydroxylation is 1. The van der Waals surface area contributed by atoms with Gasteiger partial charge in [-0.3, -0.25) is 9.59 Å². The molecule has 0 saturated carbocycles. The van der Waals surface area contributed by atoms with Gasteiger partial charge in [-0.2, -0.15) is 0 Å². The first-order chi connectivity index (χ1) is 11.5. The maximum atomic E-state index is 12.8. The highest BCUT2D eigenvalue weighted by Crippen LogP contribution is 2.19. The summed E-state index contributed by atoms with van der Waals surface area (Å²) >= 11 is 0. The van der Waals surface area contributed by atoms with Gasteiger partial charge in [0.15, 0.2) is 0 Å². The monoisotopic (exact) mass is 327 g/mol. The SMILES string of the molecule is CCN(C)CC1CCN(C(=O)c2c[nH]c3cc(C)ccc3c2=O)C1. The van der Waals surface area contributed by atoms with Gasteiger partial charge in [0.1, 0.15) is 5.56 Å². The fourth-order valence-electron chi connectivity index (χ4n) is 3.40. The highest BCUT2D eigenvalue weighted by molar-refractivity contribution is 5.97. The van der Waals surface area contributed by atoms with E-state index < -0.39 is 0 Å². The van der Waals surface area contributed by atoms with Crippen molar-refractivity contribution in [3.05, 3.63) is 45.7 Å². The summed E-state index contributed by atoms with van der Waals surface area (Å²) in [5.74, 6) is 0.335. The van der Waals surface area contributed by atoms with Crippen LogP contribution in [0.5, 0.6) is 0 Å². The van der Waals surface area contributed by atoms with Gasteiger partial charge in [-0.1, -0.05) is 13.0 Å². The number of hydrogen-bond acceptors (Lipinski definition) is 3. The van der Waals surface area contributed by atoms with E-state index in [1.54, 1.807) is 12.3 Å². The number of H-pyrrole nitrogens is 1. The average molecular weight is 327 g/mol. The quantitative estimate of drug-likeness (QED) is 0.937. The predicted octanol–water partition coefficient (Wildman–Crippen LogP) is 2.25. The van der Waals surface area contributed by atoms with Crippen molar-refractivity contribution < 1.29 is 4.79 Å². The highest BCUT2D eigenvalue weighted by Gasteiger charge is 2.28. The molecule has 1 aliphatic rings. The number of aromatic nitrogens is 1. The van der Waals surface area contributed by atoms with Crippen LogP contribution in [0.4, 0.5) is 0 Å². The molecule has 1 aromatic heterocycles. The van der Waals surface area contributed by atoms with Crippen LogP contribution in [0.2, 0.25) is 0 Å². The molecule has 5 nitrogen and oxygen atoms in total. The topological polar surface area (TPSA) is 56.4 Å². The van der Waals surface area contributed by atoms with Crippen molar-refractivity contribution in [2.75, 3.05) is 33.2 Å². The number of carbonyl (C=O) groups is 1. The minimum Gasteiger partial charge on any atom is -0.360 e. The number of nitrogens with zero attached hydrogens (tertiary/aromatic N) is 2. The minimum absolute atomic E-state index is 0.152. The summed E-state index contributed by atoms with van der Waals surface area (Å²) in [5, 5.41) is 0.577. The van der Waals surface area contributed by atoms with E-state index in [2.05, 4.69) is 23.9 Å². The summed E-state index contributed by atoms with van der Waals surface area (Å²) < 4.78 is 0. The summed E-state index contributed by atoms with van der Waals surface area (Å²) in [6, 6.07) is 5.62. The molecule has 5 heteroatoms. The van der Waals surface area contributed by atoms with Crippen LogP contribution < -0.4 is 5.43 Å². The number of nitrogens with one attached hydrogen (secondary N) is 1. The van der Waals surface area contributed by atoms with E-state index in [0.717, 1.165) is 43.7 Å². The van der Waals surface area contributed by atoms with E-state index in [1.165, 1.54) is 0 Å². The third-order valence-corrected chi connectivity index (χ3v) is 4.95. The average Bonchev–Trinajstić information content (AvgIpc) is 3.02. The lowest BCUT2D eigenvalue weighted by molar-refractivity contribution is 0.0783. The van der Waals surface area contributed by atoms with Gasteiger partial charge in [-0.15, -0.1) is 0 Å². The van der Waals surface area contributed by atoms with Crippen LogP contribution in [-0.2, 0) is 0 Å². The van der Waals surface area contributed by atoms with Gasteiger partial charge in [0, 0.05) is 36.7 Å². The molecule has 1 N–H and O–H groups in total. The summed E-state index contributed by atoms with van der Waals surface area (Å²) in [6.45, 7) is 7.57. The molecule has 0 bridgehead atoms. The van der Waals surface area contributed by atoms with Crippen molar-refractivity contribution in [3.8, 4) is 0 Å². The van der Waals surface area contributed by atoms with Crippen LogP contribution in [0, 0.1) is 12.8 Å². The zero-order chi connectivity index (χ0) is 17.3. The molecular weight excluding hydrogens is 302 g/mol. The molecule has 0 aliphatic carbocycles. The number of likely N-dealkylation sites (tertiary alicyclic amines) is 1. The van der Waals surface area contributed by atoms with Gasteiger partial charge in [-0.05, 0) is 50.6 Å². The molecule has 128 valence electrons. The summed E-state index contributed by atoms with van der Waals surface area (Å²) in [4.78, 5) is 32.6. The molecule has 1 amide bonds. The second kappa shape index (κ2) is 6.77. The third kappa shape index (κ3) is 3.22. The molecule has 0 spiro atoms. The minimum atomic E-state index is -0.178. The zero-order valence-electron chi connectivity index (χ0n) is 14.6. The Morgan fingerprint density at radius 3 is 2.96 bits per heavy atom. The van der Waals surface area contributed by atoms with Crippen molar-refractivity contribution in [2.45, 2.75) is 20.3 Å². The van der Waals surface area contributed by atoms with E-state index in [0.29, 0.717) is 11.3 Å². The number of rotatable bonds is 4. The van der Waals surface area contributed by atoms with Crippen molar-refractivity contribution in [1.29, 1.82) is 0 Å². The Labute approximate surface area is 142 Å². The van der Waals surface area contributed by atoms with Gasteiger partial charge in [0.05, 0.1) is 0 Å². The zero-order valence-corrected chi connectivity index (χ0v) is 14.6. The standard InChI is InChI=1S/C19H25N3O2/c1-4-21(3)11-14-7-8-22(12-14)19(24)16-10-20-17-9-13(2)5-6-15(17)18(16)23/h5-6,9-10,14H,4,7-8,11-12H2,1-3H3,(H,20,23). The molecule has 1 fully saturated rings. The van der Waals surface area contributed by atoms with E-state index >= 15 is 0 Å². The molecule has 2 aromatic rings. The Morgan fingerprint density at radius 2 is 2.21 bits per heavy atom. The molecule has 24 heavy (non-hydrogen) atoms. The van der Waals surface area contributed by atoms with Gasteiger partial charge < -0.3 is 14.8 Å². The first kappa shape index (κ1) is 16.7. The fraction of sp³-hybridized carbons (Fsp3) is 0.474. The van der Waals surface area contributed by atoms with Gasteiger partial charge >= 0.3 is 0 Å². The number of hydrogen-bond donors (Lipinski definition) is 1. The Morgan fingerprint density at radius 1 is 1.42 bits per heavy atom. The second-order valence-electron chi connectivity index (χ2n) is 6.84. The smallest absolute Gasteiger partial charge is 0.259 e. The molecule has 1 saturated heterocycles. The highest BCUT2D eigenvalue weighted by atomic mass is 16.2. The number of amides is 1. The Hall–Kier alpha value is -2.14. The van der Waals surface area contributed by atoms with Crippen LogP contribution in [0.15, 0.2) is 29.2 Å². The van der Waals surface area contributed by atoms with Gasteiger partial charge in [-0.25, -0.2) is 0 Å². The van der Waals surface area contributed by atoms with E-state index in [-0.39, 0.29) is 16.9 Å². The number of fused-ring (bicyclic) bond motifs is 1. The third-order valence-electron chi connectivity index (χ3n) is 4.95. The van der Waals surface area contributed by atoms with Crippen LogP contribution in [0.1, 0.15) is 29.3 Å². The van der Waals surface area contributed by atoms with Crippen molar-refractivity contribution >= 4 is 16.8 Å². The Kier molecular flexibility index (Phi) is 4.71. The molecule has 1 aromatic carbocycles. The molecule has 0 radical (unpaired) electrons. The largest absolute Gasteiger partial charge is 0.360 e. The normalized spacial score (nSPS) is 17.8. The maximum Gasteiger partial charge on any atom is 0.259 e. The second-order valence-corrected chi connectivity index (χ2v) is 6.84. The summed E-state index contributed by atoms with van der Waals surface area (Å²) in [5.41, 5.74) is 1.93. The first-order valence-corrected chi connectivity index (χ1v) is 8.59. The van der Waals surface area contributed by atoms with E-state index in [9.17, 15) is 9.59 Å². The number of aromatic amines is 1. The van der Waals surface area contributed by atoms with Gasteiger partial charge in [0.25, 0.3) is 5.91 Å². The number of pyridine rings is 1. The predicted molar refractivity (Wildman–Crippen MR) is 96.5 cm³/mol. The van der Waals surface area contributed by atoms with E-state index in [1.807, 2.05) is 24.0 Å². The maximum absolute atomic E-state index is 12.8. The Bertz CT molecular complexity index is 812.